The largest absolute Gasteiger partial charge is 0.306 e. The molecule has 2 aliphatic rings. The number of sulfonamides is 1. The third kappa shape index (κ3) is 4.22. The van der Waals surface area contributed by atoms with Crippen LogP contribution in [0.2, 0.25) is 5.02 Å². The van der Waals surface area contributed by atoms with E-state index in [2.05, 4.69) is 9.82 Å². The molecule has 1 aromatic carbocycles. The second-order valence-electron chi connectivity index (χ2n) is 8.21. The Balaban J connectivity index is 1.52. The molecule has 1 fully saturated rings. The molecule has 3 aromatic rings. The number of nitrogens with zero attached hydrogens (tertiary/aromatic N) is 4. The fraction of sp³-hybridized carbons (Fsp3) is 0.318. The zero-order valence-corrected chi connectivity index (χ0v) is 19.0. The van der Waals surface area contributed by atoms with Gasteiger partial charge in [0, 0.05) is 35.4 Å². The summed E-state index contributed by atoms with van der Waals surface area (Å²) in [4.78, 5) is 19.9. The van der Waals surface area contributed by atoms with Crippen LogP contribution in [0.5, 0.6) is 0 Å². The molecule has 2 aromatic heterocycles. The maximum absolute atomic E-state index is 13.6. The fourth-order valence-corrected chi connectivity index (χ4v) is 4.68. The van der Waals surface area contributed by atoms with Gasteiger partial charge in [-0.15, -0.1) is 0 Å². The zero-order valence-electron chi connectivity index (χ0n) is 17.5. The van der Waals surface area contributed by atoms with Gasteiger partial charge in [0.1, 0.15) is 5.69 Å². The number of rotatable bonds is 5. The molecule has 0 bridgehead atoms. The van der Waals surface area contributed by atoms with E-state index in [1.807, 2.05) is 24.4 Å². The Bertz CT molecular complexity index is 1360. The molecule has 1 saturated carbocycles. The molecule has 8 nitrogen and oxygen atoms in total. The minimum atomic E-state index is -3.57. The highest BCUT2D eigenvalue weighted by Gasteiger charge is 2.28. The molecule has 32 heavy (non-hydrogen) atoms. The van der Waals surface area contributed by atoms with Crippen LogP contribution in [0, 0.1) is 0 Å². The smallest absolute Gasteiger partial charge is 0.260 e. The van der Waals surface area contributed by atoms with Gasteiger partial charge in [0.2, 0.25) is 10.0 Å². The number of hydrogen-bond acceptors (Lipinski definition) is 5. The van der Waals surface area contributed by atoms with Crippen molar-refractivity contribution < 1.29 is 13.2 Å². The lowest BCUT2D eigenvalue weighted by Crippen LogP contribution is -2.33. The first-order valence-electron chi connectivity index (χ1n) is 10.4. The predicted molar refractivity (Wildman–Crippen MR) is 123 cm³/mol. The molecule has 0 unspecified atom stereocenters. The van der Waals surface area contributed by atoms with E-state index in [-0.39, 0.29) is 17.2 Å². The number of amides is 1. The van der Waals surface area contributed by atoms with E-state index in [1.165, 1.54) is 25.0 Å². The molecule has 0 saturated heterocycles. The number of fused-ring (bicyclic) bond motifs is 1. The number of hydrogen-bond donors (Lipinski definition) is 1. The van der Waals surface area contributed by atoms with Gasteiger partial charge in [-0.2, -0.15) is 5.10 Å². The Kier molecular flexibility index (Phi) is 5.17. The van der Waals surface area contributed by atoms with E-state index in [0.717, 1.165) is 30.4 Å². The van der Waals surface area contributed by atoms with Crippen LogP contribution >= 0.6 is 11.6 Å². The quantitative estimate of drug-likeness (QED) is 0.608. The molecule has 1 aliphatic heterocycles. The van der Waals surface area contributed by atoms with E-state index in [4.69, 9.17) is 16.6 Å². The zero-order chi connectivity index (χ0) is 22.5. The number of benzene rings is 1. The predicted octanol–water partition coefficient (Wildman–Crippen LogP) is 3.91. The summed E-state index contributed by atoms with van der Waals surface area (Å²) in [6.07, 6.45) is 8.88. The minimum absolute atomic E-state index is 0.189. The maximum atomic E-state index is 13.6. The molecule has 10 heteroatoms. The van der Waals surface area contributed by atoms with Crippen LogP contribution in [-0.4, -0.2) is 46.6 Å². The summed E-state index contributed by atoms with van der Waals surface area (Å²) < 4.78 is 27.7. The van der Waals surface area contributed by atoms with Gasteiger partial charge in [-0.1, -0.05) is 17.7 Å². The molecular formula is C22H22ClN5O3S. The number of aromatic nitrogens is 3. The molecule has 0 radical (unpaired) electrons. The van der Waals surface area contributed by atoms with E-state index in [9.17, 15) is 13.2 Å². The molecule has 1 N–H and O–H groups in total. The lowest BCUT2D eigenvalue weighted by atomic mass is 10.1. The molecule has 5 rings (SSSR count). The van der Waals surface area contributed by atoms with E-state index >= 15 is 0 Å². The van der Waals surface area contributed by atoms with Crippen molar-refractivity contribution in [2.45, 2.75) is 31.6 Å². The summed E-state index contributed by atoms with van der Waals surface area (Å²) in [7, 11) is -3.57. The van der Waals surface area contributed by atoms with Gasteiger partial charge in [-0.3, -0.25) is 9.52 Å². The molecular weight excluding hydrogens is 450 g/mol. The fourth-order valence-electron chi connectivity index (χ4n) is 3.93. The maximum Gasteiger partial charge on any atom is 0.260 e. The Hall–Kier alpha value is -2.91. The van der Waals surface area contributed by atoms with Crippen molar-refractivity contribution in [3.63, 3.8) is 0 Å². The van der Waals surface area contributed by atoms with Gasteiger partial charge in [-0.05, 0) is 49.9 Å². The number of halogens is 1. The summed E-state index contributed by atoms with van der Waals surface area (Å²) in [6.45, 7) is 0.490. The average molecular weight is 472 g/mol. The molecule has 0 atom stereocenters. The highest BCUT2D eigenvalue weighted by molar-refractivity contribution is 7.92. The number of carbonyl (C=O) groups excluding carboxylic acids is 1. The van der Waals surface area contributed by atoms with Gasteiger partial charge in [-0.25, -0.2) is 17.9 Å². The summed E-state index contributed by atoms with van der Waals surface area (Å²) in [6, 6.07) is 8.41. The summed E-state index contributed by atoms with van der Waals surface area (Å²) in [5, 5.41) is 4.98. The van der Waals surface area contributed by atoms with Gasteiger partial charge >= 0.3 is 0 Å². The molecule has 1 amide bonds. The van der Waals surface area contributed by atoms with Crippen molar-refractivity contribution >= 4 is 44.6 Å². The molecule has 1 aliphatic carbocycles. The van der Waals surface area contributed by atoms with Gasteiger partial charge in [0.25, 0.3) is 5.91 Å². The lowest BCUT2D eigenvalue weighted by molar-refractivity contribution is 0.0830. The average Bonchev–Trinajstić information content (AvgIpc) is 3.52. The molecule has 3 heterocycles. The number of carbonyl (C=O) groups is 1. The van der Waals surface area contributed by atoms with Crippen LogP contribution in [0.4, 0.5) is 5.69 Å². The van der Waals surface area contributed by atoms with Crippen molar-refractivity contribution in [2.75, 3.05) is 17.5 Å². The van der Waals surface area contributed by atoms with Crippen LogP contribution in [0.15, 0.2) is 42.6 Å². The highest BCUT2D eigenvalue weighted by Crippen LogP contribution is 2.39. The van der Waals surface area contributed by atoms with Crippen LogP contribution in [0.1, 0.15) is 53.3 Å². The summed E-state index contributed by atoms with van der Waals surface area (Å²) in [5.41, 5.74) is 3.53. The number of anilines is 1. The monoisotopic (exact) mass is 471 g/mol. The van der Waals surface area contributed by atoms with E-state index in [1.54, 1.807) is 15.5 Å². The minimum Gasteiger partial charge on any atom is -0.306 e. The number of nitrogens with one attached hydrogen (secondary N) is 1. The molecule has 0 spiro atoms. The number of allylic oxidation sites excluding steroid dienone is 1. The van der Waals surface area contributed by atoms with Crippen LogP contribution in [0.25, 0.3) is 11.3 Å². The first-order valence-corrected chi connectivity index (χ1v) is 12.7. The highest BCUT2D eigenvalue weighted by atomic mass is 35.5. The van der Waals surface area contributed by atoms with Crippen molar-refractivity contribution in [3.05, 3.63) is 64.6 Å². The van der Waals surface area contributed by atoms with Crippen LogP contribution < -0.4 is 4.72 Å². The third-order valence-electron chi connectivity index (χ3n) is 5.57. The van der Waals surface area contributed by atoms with Crippen LogP contribution in [0.3, 0.4) is 0 Å². The standard InChI is InChI=1S/C22H22ClN5O3S/c1-32(30,31)26-18-8-7-15(23)12-16(18)22(29)27-10-3-2-4-20(27)19-13-21-24-17(14-5-6-14)9-11-28(21)25-19/h4,7-9,11-14,26H,2-3,5-6,10H2,1H3. The summed E-state index contributed by atoms with van der Waals surface area (Å²) in [5.74, 6) is 0.196. The van der Waals surface area contributed by atoms with Crippen molar-refractivity contribution in [1.82, 2.24) is 19.5 Å². The Morgan fingerprint density at radius 3 is 2.78 bits per heavy atom. The third-order valence-corrected chi connectivity index (χ3v) is 6.40. The topological polar surface area (TPSA) is 96.7 Å². The van der Waals surface area contributed by atoms with Gasteiger partial charge in [0.15, 0.2) is 5.65 Å². The van der Waals surface area contributed by atoms with Crippen molar-refractivity contribution in [3.8, 4) is 0 Å². The Labute approximate surface area is 190 Å². The van der Waals surface area contributed by atoms with Crippen LogP contribution in [-0.2, 0) is 10.0 Å². The molecule has 166 valence electrons. The lowest BCUT2D eigenvalue weighted by Gasteiger charge is -2.28. The van der Waals surface area contributed by atoms with E-state index in [0.29, 0.717) is 28.9 Å². The van der Waals surface area contributed by atoms with Crippen molar-refractivity contribution in [1.29, 1.82) is 0 Å². The second kappa shape index (κ2) is 7.90. The van der Waals surface area contributed by atoms with Gasteiger partial charge < -0.3 is 4.90 Å². The van der Waals surface area contributed by atoms with Gasteiger partial charge in [0.05, 0.1) is 23.2 Å². The Morgan fingerprint density at radius 1 is 1.22 bits per heavy atom. The van der Waals surface area contributed by atoms with Crippen molar-refractivity contribution in [2.24, 2.45) is 0 Å². The van der Waals surface area contributed by atoms with E-state index < -0.39 is 10.0 Å². The normalized spacial score (nSPS) is 16.8. The first-order chi connectivity index (χ1) is 15.3. The second-order valence-corrected chi connectivity index (χ2v) is 10.4. The summed E-state index contributed by atoms with van der Waals surface area (Å²) >= 11 is 6.14. The first kappa shape index (κ1) is 21.0. The Morgan fingerprint density at radius 2 is 2.03 bits per heavy atom. The SMILES string of the molecule is CS(=O)(=O)Nc1ccc(Cl)cc1C(=O)N1CCCC=C1c1cc2nc(C3CC3)ccn2n1.